The van der Waals surface area contributed by atoms with Crippen molar-refractivity contribution in [2.75, 3.05) is 0 Å². The predicted molar refractivity (Wildman–Crippen MR) is 140 cm³/mol. The SMILES string of the molecule is c1ccc2c(c1)[nH]c1cc3[nH]c4ccc(-n5c6ccccc6c6ccccc65)cc4c3cc12. The Labute approximate surface area is 188 Å². The van der Waals surface area contributed by atoms with Crippen LogP contribution in [0.5, 0.6) is 0 Å². The van der Waals surface area contributed by atoms with Crippen LogP contribution >= 0.6 is 0 Å². The monoisotopic (exact) mass is 421 g/mol. The maximum atomic E-state index is 3.63. The Hall–Kier alpha value is -4.50. The molecule has 8 rings (SSSR count). The topological polar surface area (TPSA) is 36.5 Å². The lowest BCUT2D eigenvalue weighted by Crippen LogP contribution is -1.93. The summed E-state index contributed by atoms with van der Waals surface area (Å²) in [6.07, 6.45) is 0. The number of rotatable bonds is 1. The Balaban J connectivity index is 1.47. The van der Waals surface area contributed by atoms with E-state index in [1.165, 1.54) is 54.6 Å². The van der Waals surface area contributed by atoms with E-state index in [9.17, 15) is 0 Å². The van der Waals surface area contributed by atoms with E-state index < -0.39 is 0 Å². The van der Waals surface area contributed by atoms with Gasteiger partial charge in [-0.3, -0.25) is 0 Å². The lowest BCUT2D eigenvalue weighted by Gasteiger charge is -2.08. The molecule has 154 valence electrons. The van der Waals surface area contributed by atoms with Gasteiger partial charge in [0.05, 0.1) is 11.0 Å². The summed E-state index contributed by atoms with van der Waals surface area (Å²) in [5, 5.41) is 7.60. The van der Waals surface area contributed by atoms with Crippen molar-refractivity contribution in [3.63, 3.8) is 0 Å². The Kier molecular flexibility index (Phi) is 3.14. The lowest BCUT2D eigenvalue weighted by molar-refractivity contribution is 1.19. The molecule has 0 aliphatic heterocycles. The van der Waals surface area contributed by atoms with Crippen LogP contribution in [0.15, 0.2) is 103 Å². The number of para-hydroxylation sites is 3. The third-order valence-corrected chi connectivity index (χ3v) is 7.05. The highest BCUT2D eigenvalue weighted by molar-refractivity contribution is 6.18. The van der Waals surface area contributed by atoms with Gasteiger partial charge in [-0.1, -0.05) is 54.6 Å². The molecule has 0 unspecified atom stereocenters. The van der Waals surface area contributed by atoms with Gasteiger partial charge in [0.25, 0.3) is 0 Å². The van der Waals surface area contributed by atoms with E-state index in [-0.39, 0.29) is 0 Å². The van der Waals surface area contributed by atoms with Gasteiger partial charge in [0.2, 0.25) is 0 Å². The van der Waals surface area contributed by atoms with Crippen molar-refractivity contribution >= 4 is 65.4 Å². The third kappa shape index (κ3) is 2.23. The van der Waals surface area contributed by atoms with Gasteiger partial charge >= 0.3 is 0 Å². The highest BCUT2D eigenvalue weighted by Gasteiger charge is 2.14. The molecular weight excluding hydrogens is 402 g/mol. The quantitative estimate of drug-likeness (QED) is 0.269. The highest BCUT2D eigenvalue weighted by atomic mass is 15.0. The molecule has 0 atom stereocenters. The summed E-state index contributed by atoms with van der Waals surface area (Å²) in [6.45, 7) is 0. The number of benzene rings is 5. The molecule has 3 nitrogen and oxygen atoms in total. The smallest absolute Gasteiger partial charge is 0.0541 e. The molecule has 0 saturated heterocycles. The lowest BCUT2D eigenvalue weighted by atomic mass is 10.1. The number of aromatic nitrogens is 3. The van der Waals surface area contributed by atoms with Crippen LogP contribution in [0, 0.1) is 0 Å². The van der Waals surface area contributed by atoms with Crippen molar-refractivity contribution in [3.05, 3.63) is 103 Å². The summed E-state index contributed by atoms with van der Waals surface area (Å²) >= 11 is 0. The van der Waals surface area contributed by atoms with Crippen LogP contribution in [-0.4, -0.2) is 14.5 Å². The van der Waals surface area contributed by atoms with Gasteiger partial charge in [-0.15, -0.1) is 0 Å². The summed E-state index contributed by atoms with van der Waals surface area (Å²) in [4.78, 5) is 7.20. The zero-order chi connectivity index (χ0) is 21.5. The second kappa shape index (κ2) is 6.05. The minimum absolute atomic E-state index is 1.16. The van der Waals surface area contributed by atoms with Gasteiger partial charge in [-0.2, -0.15) is 0 Å². The molecule has 5 aromatic carbocycles. The molecule has 0 radical (unpaired) electrons. The maximum absolute atomic E-state index is 3.63. The molecule has 3 aromatic heterocycles. The molecule has 0 bridgehead atoms. The van der Waals surface area contributed by atoms with Crippen LogP contribution in [0.2, 0.25) is 0 Å². The van der Waals surface area contributed by atoms with E-state index >= 15 is 0 Å². The molecule has 3 heteroatoms. The summed E-state index contributed by atoms with van der Waals surface area (Å²) in [5.74, 6) is 0. The number of hydrogen-bond acceptors (Lipinski definition) is 0. The van der Waals surface area contributed by atoms with Crippen molar-refractivity contribution in [1.82, 2.24) is 14.5 Å². The Bertz CT molecular complexity index is 1980. The van der Waals surface area contributed by atoms with Crippen molar-refractivity contribution in [1.29, 1.82) is 0 Å². The van der Waals surface area contributed by atoms with Gasteiger partial charge in [0.15, 0.2) is 0 Å². The molecule has 0 aliphatic rings. The fourth-order valence-electron chi connectivity index (χ4n) is 5.57. The number of nitrogens with one attached hydrogen (secondary N) is 2. The van der Waals surface area contributed by atoms with Crippen molar-refractivity contribution in [3.8, 4) is 5.69 Å². The van der Waals surface area contributed by atoms with Gasteiger partial charge in [-0.25, -0.2) is 0 Å². The largest absolute Gasteiger partial charge is 0.354 e. The van der Waals surface area contributed by atoms with Crippen LogP contribution in [0.1, 0.15) is 0 Å². The molecule has 3 heterocycles. The summed E-state index contributed by atoms with van der Waals surface area (Å²) in [7, 11) is 0. The summed E-state index contributed by atoms with van der Waals surface area (Å²) in [6, 6.07) is 37.2. The Morgan fingerprint density at radius 1 is 0.394 bits per heavy atom. The van der Waals surface area contributed by atoms with Crippen LogP contribution in [0.4, 0.5) is 0 Å². The average molecular weight is 422 g/mol. The molecule has 0 fully saturated rings. The third-order valence-electron chi connectivity index (χ3n) is 7.05. The summed E-state index contributed by atoms with van der Waals surface area (Å²) < 4.78 is 2.38. The van der Waals surface area contributed by atoms with Gasteiger partial charge in [0.1, 0.15) is 0 Å². The standard InChI is InChI=1S/C30H19N3/c1-4-10-25-19(7-1)23-16-24-22-15-18(13-14-26(22)32-28(24)17-27(23)31-25)33-29-11-5-2-8-20(29)21-9-3-6-12-30(21)33/h1-17,31-32H. The van der Waals surface area contributed by atoms with E-state index in [0.29, 0.717) is 0 Å². The molecule has 0 aliphatic carbocycles. The predicted octanol–water partition coefficient (Wildman–Crippen LogP) is 8.05. The molecule has 0 amide bonds. The maximum Gasteiger partial charge on any atom is 0.0541 e. The first-order valence-electron chi connectivity index (χ1n) is 11.3. The normalized spacial score (nSPS) is 12.2. The minimum atomic E-state index is 1.16. The van der Waals surface area contributed by atoms with E-state index in [1.54, 1.807) is 0 Å². The van der Waals surface area contributed by atoms with Crippen molar-refractivity contribution in [2.24, 2.45) is 0 Å². The van der Waals surface area contributed by atoms with Crippen LogP contribution < -0.4 is 0 Å². The fraction of sp³-hybridized carbons (Fsp3) is 0. The molecule has 0 saturated carbocycles. The molecule has 0 spiro atoms. The Morgan fingerprint density at radius 2 is 0.939 bits per heavy atom. The Morgan fingerprint density at radius 3 is 1.67 bits per heavy atom. The first-order chi connectivity index (χ1) is 16.3. The van der Waals surface area contributed by atoms with E-state index in [0.717, 1.165) is 16.6 Å². The first-order valence-corrected chi connectivity index (χ1v) is 11.3. The first kappa shape index (κ1) is 17.1. The number of aromatic amines is 2. The second-order valence-electron chi connectivity index (χ2n) is 8.84. The van der Waals surface area contributed by atoms with Gasteiger partial charge < -0.3 is 14.5 Å². The van der Waals surface area contributed by atoms with Crippen molar-refractivity contribution < 1.29 is 0 Å². The van der Waals surface area contributed by atoms with Gasteiger partial charge in [0, 0.05) is 60.1 Å². The summed E-state index contributed by atoms with van der Waals surface area (Å²) in [5.41, 5.74) is 8.30. The van der Waals surface area contributed by atoms with Crippen LogP contribution in [-0.2, 0) is 0 Å². The highest BCUT2D eigenvalue weighted by Crippen LogP contribution is 2.36. The van der Waals surface area contributed by atoms with E-state index in [2.05, 4.69) is 118 Å². The van der Waals surface area contributed by atoms with E-state index in [4.69, 9.17) is 0 Å². The van der Waals surface area contributed by atoms with Crippen LogP contribution in [0.25, 0.3) is 71.1 Å². The second-order valence-corrected chi connectivity index (χ2v) is 8.84. The minimum Gasteiger partial charge on any atom is -0.354 e. The number of H-pyrrole nitrogens is 2. The number of fused-ring (bicyclic) bond motifs is 9. The van der Waals surface area contributed by atoms with E-state index in [1.807, 2.05) is 0 Å². The molecule has 2 N–H and O–H groups in total. The van der Waals surface area contributed by atoms with Gasteiger partial charge in [-0.05, 0) is 48.5 Å². The fourth-order valence-corrected chi connectivity index (χ4v) is 5.57. The molecular formula is C30H19N3. The molecule has 8 aromatic rings. The zero-order valence-corrected chi connectivity index (χ0v) is 17.8. The average Bonchev–Trinajstić information content (AvgIpc) is 3.51. The zero-order valence-electron chi connectivity index (χ0n) is 17.8. The van der Waals surface area contributed by atoms with Crippen molar-refractivity contribution in [2.45, 2.75) is 0 Å². The van der Waals surface area contributed by atoms with Crippen LogP contribution in [0.3, 0.4) is 0 Å². The number of hydrogen-bond donors (Lipinski definition) is 2. The molecule has 33 heavy (non-hydrogen) atoms. The number of nitrogens with zero attached hydrogens (tertiary/aromatic N) is 1.